The third kappa shape index (κ3) is 3.08. The predicted octanol–water partition coefficient (Wildman–Crippen LogP) is 5.60. The van der Waals surface area contributed by atoms with Crippen LogP contribution in [0, 0.1) is 11.3 Å². The van der Waals surface area contributed by atoms with E-state index in [2.05, 4.69) is 4.98 Å². The summed E-state index contributed by atoms with van der Waals surface area (Å²) in [4.78, 5) is 3.48. The molecule has 0 aliphatic rings. The fourth-order valence-corrected chi connectivity index (χ4v) is 2.25. The first-order chi connectivity index (χ1) is 9.75. The number of alkyl halides is 3. The van der Waals surface area contributed by atoms with Crippen LogP contribution in [0.5, 0.6) is 0 Å². The monoisotopic (exact) mass is 350 g/mol. The number of aromatic nitrogens is 1. The number of rotatable bonds is 1. The Morgan fingerprint density at radius 1 is 1.00 bits per heavy atom. The minimum absolute atomic E-state index is 0.0149. The zero-order valence-corrected chi connectivity index (χ0v) is 12.2. The molecule has 0 unspecified atom stereocenters. The number of benzene rings is 1. The van der Waals surface area contributed by atoms with Crippen LogP contribution in [-0.4, -0.2) is 4.98 Å². The molecule has 108 valence electrons. The molecule has 0 bridgehead atoms. The molecule has 0 spiro atoms. The van der Waals surface area contributed by atoms with Gasteiger partial charge in [0.2, 0.25) is 0 Å². The highest BCUT2D eigenvalue weighted by Gasteiger charge is 2.33. The standard InChI is InChI=1S/C13H4Cl3F3N2/c14-8-3-2-7(10(15)11(8)16)12-6(5-20)1-4-9(21-12)13(17,18)19/h1-4H. The molecule has 0 aliphatic carbocycles. The molecule has 0 atom stereocenters. The van der Waals surface area contributed by atoms with Gasteiger partial charge in [0.1, 0.15) is 11.8 Å². The zero-order chi connectivity index (χ0) is 15.8. The maximum atomic E-state index is 12.7. The SMILES string of the molecule is N#Cc1ccc(C(F)(F)F)nc1-c1ccc(Cl)c(Cl)c1Cl. The van der Waals surface area contributed by atoms with Crippen molar-refractivity contribution in [3.05, 3.63) is 50.6 Å². The van der Waals surface area contributed by atoms with Crippen molar-refractivity contribution in [1.29, 1.82) is 5.26 Å². The van der Waals surface area contributed by atoms with E-state index in [0.717, 1.165) is 12.1 Å². The van der Waals surface area contributed by atoms with E-state index >= 15 is 0 Å². The van der Waals surface area contributed by atoms with E-state index < -0.39 is 11.9 Å². The first-order valence-electron chi connectivity index (χ1n) is 5.38. The highest BCUT2D eigenvalue weighted by Crippen LogP contribution is 2.39. The van der Waals surface area contributed by atoms with Crippen molar-refractivity contribution in [1.82, 2.24) is 4.98 Å². The molecule has 8 heteroatoms. The summed E-state index contributed by atoms with van der Waals surface area (Å²) in [5.41, 5.74) is -1.27. The van der Waals surface area contributed by atoms with E-state index in [1.165, 1.54) is 12.1 Å². The van der Waals surface area contributed by atoms with E-state index in [0.29, 0.717) is 0 Å². The van der Waals surface area contributed by atoms with Crippen molar-refractivity contribution >= 4 is 34.8 Å². The molecule has 2 aromatic rings. The highest BCUT2D eigenvalue weighted by molar-refractivity contribution is 6.49. The van der Waals surface area contributed by atoms with Crippen LogP contribution in [-0.2, 0) is 6.18 Å². The molecule has 0 saturated carbocycles. The Morgan fingerprint density at radius 3 is 2.24 bits per heavy atom. The molecule has 1 aromatic carbocycles. The highest BCUT2D eigenvalue weighted by atomic mass is 35.5. The molecule has 1 heterocycles. The summed E-state index contributed by atoms with van der Waals surface area (Å²) in [6, 6.07) is 6.26. The molecule has 2 rings (SSSR count). The van der Waals surface area contributed by atoms with E-state index in [9.17, 15) is 13.2 Å². The van der Waals surface area contributed by atoms with E-state index in [1.54, 1.807) is 6.07 Å². The van der Waals surface area contributed by atoms with Gasteiger partial charge in [-0.15, -0.1) is 0 Å². The van der Waals surface area contributed by atoms with Gasteiger partial charge in [-0.1, -0.05) is 34.8 Å². The van der Waals surface area contributed by atoms with Gasteiger partial charge in [0.15, 0.2) is 0 Å². The van der Waals surface area contributed by atoms with Crippen LogP contribution in [0.15, 0.2) is 24.3 Å². The fraction of sp³-hybridized carbons (Fsp3) is 0.0769. The summed E-state index contributed by atoms with van der Waals surface area (Å²) in [5, 5.41) is 9.09. The van der Waals surface area contributed by atoms with Crippen molar-refractivity contribution in [2.45, 2.75) is 6.18 Å². The summed E-state index contributed by atoms with van der Waals surface area (Å²) in [6.07, 6.45) is -4.63. The van der Waals surface area contributed by atoms with Crippen LogP contribution >= 0.6 is 34.8 Å². The molecule has 0 fully saturated rings. The van der Waals surface area contributed by atoms with Crippen molar-refractivity contribution in [2.24, 2.45) is 0 Å². The molecular weight excluding hydrogens is 348 g/mol. The Balaban J connectivity index is 2.74. The first-order valence-corrected chi connectivity index (χ1v) is 6.51. The average Bonchev–Trinajstić information content (AvgIpc) is 2.43. The van der Waals surface area contributed by atoms with Gasteiger partial charge in [-0.2, -0.15) is 18.4 Å². The molecule has 1 aromatic heterocycles. The second-order valence-electron chi connectivity index (χ2n) is 3.93. The molecule has 21 heavy (non-hydrogen) atoms. The quantitative estimate of drug-likeness (QED) is 0.627. The van der Waals surface area contributed by atoms with Crippen LogP contribution < -0.4 is 0 Å². The summed E-state index contributed by atoms with van der Waals surface area (Å²) < 4.78 is 38.2. The van der Waals surface area contributed by atoms with Gasteiger partial charge in [0.05, 0.1) is 26.3 Å². The Morgan fingerprint density at radius 2 is 1.67 bits per heavy atom. The van der Waals surface area contributed by atoms with Crippen molar-refractivity contribution in [2.75, 3.05) is 0 Å². The second kappa shape index (κ2) is 5.72. The number of pyridine rings is 1. The second-order valence-corrected chi connectivity index (χ2v) is 5.09. The van der Waals surface area contributed by atoms with Crippen molar-refractivity contribution in [3.8, 4) is 17.3 Å². The molecule has 0 amide bonds. The van der Waals surface area contributed by atoms with E-state index in [1.807, 2.05) is 0 Å². The lowest BCUT2D eigenvalue weighted by Gasteiger charge is -2.11. The largest absolute Gasteiger partial charge is 0.433 e. The van der Waals surface area contributed by atoms with Gasteiger partial charge in [-0.05, 0) is 24.3 Å². The minimum atomic E-state index is -4.63. The molecular formula is C13H4Cl3F3N2. The molecule has 0 aliphatic heterocycles. The number of halogens is 6. The van der Waals surface area contributed by atoms with Crippen LogP contribution in [0.2, 0.25) is 15.1 Å². The van der Waals surface area contributed by atoms with E-state index in [4.69, 9.17) is 40.1 Å². The number of nitrogens with zero attached hydrogens (tertiary/aromatic N) is 2. The lowest BCUT2D eigenvalue weighted by atomic mass is 10.1. The fourth-order valence-electron chi connectivity index (χ4n) is 1.62. The molecule has 2 nitrogen and oxygen atoms in total. The molecule has 0 saturated heterocycles. The van der Waals surface area contributed by atoms with Crippen LogP contribution in [0.4, 0.5) is 13.2 Å². The normalized spacial score (nSPS) is 11.3. The van der Waals surface area contributed by atoms with Gasteiger partial charge in [0, 0.05) is 5.56 Å². The van der Waals surface area contributed by atoms with Crippen LogP contribution in [0.25, 0.3) is 11.3 Å². The number of nitriles is 1. The first kappa shape index (κ1) is 15.9. The lowest BCUT2D eigenvalue weighted by molar-refractivity contribution is -0.141. The lowest BCUT2D eigenvalue weighted by Crippen LogP contribution is -2.09. The van der Waals surface area contributed by atoms with Crippen LogP contribution in [0.1, 0.15) is 11.3 Å². The minimum Gasteiger partial charge on any atom is -0.242 e. The molecule has 0 N–H and O–H groups in total. The Labute approximate surface area is 132 Å². The summed E-state index contributed by atoms with van der Waals surface area (Å²) in [5.74, 6) is 0. The maximum Gasteiger partial charge on any atom is 0.433 e. The van der Waals surface area contributed by atoms with Crippen LogP contribution in [0.3, 0.4) is 0 Å². The Kier molecular flexibility index (Phi) is 4.33. The number of hydrogen-bond acceptors (Lipinski definition) is 2. The summed E-state index contributed by atoms with van der Waals surface area (Å²) in [7, 11) is 0. The van der Waals surface area contributed by atoms with Crippen molar-refractivity contribution < 1.29 is 13.2 Å². The summed E-state index contributed by atoms with van der Waals surface area (Å²) >= 11 is 17.6. The number of hydrogen-bond donors (Lipinski definition) is 0. The Hall–Kier alpha value is -1.48. The topological polar surface area (TPSA) is 36.7 Å². The predicted molar refractivity (Wildman–Crippen MR) is 74.4 cm³/mol. The van der Waals surface area contributed by atoms with Crippen molar-refractivity contribution in [3.63, 3.8) is 0 Å². The van der Waals surface area contributed by atoms with Gasteiger partial charge in [-0.25, -0.2) is 4.98 Å². The van der Waals surface area contributed by atoms with Gasteiger partial charge in [0.25, 0.3) is 0 Å². The van der Waals surface area contributed by atoms with Gasteiger partial charge in [-0.3, -0.25) is 0 Å². The summed E-state index contributed by atoms with van der Waals surface area (Å²) in [6.45, 7) is 0. The Bertz CT molecular complexity index is 752. The third-order valence-electron chi connectivity index (χ3n) is 2.60. The zero-order valence-electron chi connectivity index (χ0n) is 9.97. The van der Waals surface area contributed by atoms with E-state index in [-0.39, 0.29) is 31.9 Å². The van der Waals surface area contributed by atoms with Gasteiger partial charge >= 0.3 is 6.18 Å². The maximum absolute atomic E-state index is 12.7. The average molecular weight is 352 g/mol. The molecule has 0 radical (unpaired) electrons. The third-order valence-corrected chi connectivity index (χ3v) is 3.89. The smallest absolute Gasteiger partial charge is 0.242 e. The van der Waals surface area contributed by atoms with Gasteiger partial charge < -0.3 is 0 Å².